The van der Waals surface area contributed by atoms with Gasteiger partial charge in [0.1, 0.15) is 11.0 Å². The summed E-state index contributed by atoms with van der Waals surface area (Å²) in [7, 11) is -2.35. The molecule has 2 rings (SSSR count). The molecule has 0 bridgehead atoms. The fourth-order valence-electron chi connectivity index (χ4n) is 2.48. The van der Waals surface area contributed by atoms with Crippen LogP contribution in [-0.2, 0) is 9.84 Å². The van der Waals surface area contributed by atoms with Crippen LogP contribution in [0, 0.1) is 11.3 Å². The monoisotopic (exact) mass is 385 g/mol. The summed E-state index contributed by atoms with van der Waals surface area (Å²) in [4.78, 5) is -0.243. The smallest absolute Gasteiger partial charge is 0.216 e. The number of rotatable bonds is 9. The number of nitrogens with zero attached hydrogens (tertiary/aromatic N) is 1. The average Bonchev–Trinajstić information content (AvgIpc) is 2.70. The molecule has 0 atom stereocenters. The second-order valence-corrected chi connectivity index (χ2v) is 7.82. The predicted molar refractivity (Wildman–Crippen MR) is 105 cm³/mol. The summed E-state index contributed by atoms with van der Waals surface area (Å²) in [6.45, 7) is 2.71. The molecule has 0 aromatic heterocycles. The molecule has 0 aliphatic carbocycles. The van der Waals surface area contributed by atoms with Crippen LogP contribution in [0.25, 0.3) is 6.08 Å². The fraction of sp³-hybridized carbons (Fsp3) is 0.286. The quantitative estimate of drug-likeness (QED) is 0.466. The van der Waals surface area contributed by atoms with Gasteiger partial charge in [0.25, 0.3) is 0 Å². The summed E-state index contributed by atoms with van der Waals surface area (Å²) >= 11 is 0. The first-order valence-electron chi connectivity index (χ1n) is 8.75. The molecule has 0 aliphatic heterocycles. The molecular weight excluding hydrogens is 362 g/mol. The van der Waals surface area contributed by atoms with Gasteiger partial charge in [-0.15, -0.1) is 0 Å². The number of hydrogen-bond donors (Lipinski definition) is 0. The first kappa shape index (κ1) is 20.5. The van der Waals surface area contributed by atoms with Gasteiger partial charge in [-0.3, -0.25) is 0 Å². The molecule has 0 amide bonds. The van der Waals surface area contributed by atoms with E-state index >= 15 is 0 Å². The maximum Gasteiger partial charge on any atom is 0.216 e. The number of ether oxygens (including phenoxy) is 2. The molecule has 2 aromatic carbocycles. The summed E-state index contributed by atoms with van der Waals surface area (Å²) in [5, 5.41) is 9.38. The van der Waals surface area contributed by atoms with Crippen molar-refractivity contribution in [2.75, 3.05) is 13.7 Å². The van der Waals surface area contributed by atoms with Crippen LogP contribution in [0.2, 0.25) is 0 Å². The summed E-state index contributed by atoms with van der Waals surface area (Å²) in [6, 6.07) is 14.8. The van der Waals surface area contributed by atoms with Gasteiger partial charge < -0.3 is 9.47 Å². The van der Waals surface area contributed by atoms with Crippen molar-refractivity contribution in [3.63, 3.8) is 0 Å². The molecule has 0 radical (unpaired) electrons. The lowest BCUT2D eigenvalue weighted by Gasteiger charge is -2.11. The Morgan fingerprint density at radius 1 is 1.11 bits per heavy atom. The third-order valence-electron chi connectivity index (χ3n) is 3.94. The Hall–Kier alpha value is -2.78. The van der Waals surface area contributed by atoms with E-state index in [2.05, 4.69) is 6.92 Å². The van der Waals surface area contributed by atoms with E-state index in [0.29, 0.717) is 23.7 Å². The Bertz CT molecular complexity index is 928. The van der Waals surface area contributed by atoms with Crippen molar-refractivity contribution < 1.29 is 17.9 Å². The molecule has 0 spiro atoms. The van der Waals surface area contributed by atoms with E-state index < -0.39 is 9.84 Å². The summed E-state index contributed by atoms with van der Waals surface area (Å²) in [6.07, 6.45) is 4.49. The molecule has 5 nitrogen and oxygen atoms in total. The van der Waals surface area contributed by atoms with Crippen molar-refractivity contribution >= 4 is 15.9 Å². The lowest BCUT2D eigenvalue weighted by atomic mass is 10.2. The minimum absolute atomic E-state index is 0.0839. The Labute approximate surface area is 160 Å². The van der Waals surface area contributed by atoms with Gasteiger partial charge in [0.15, 0.2) is 11.5 Å². The number of methoxy groups -OCH3 is 1. The molecule has 0 saturated carbocycles. The largest absolute Gasteiger partial charge is 0.493 e. The number of benzene rings is 2. The topological polar surface area (TPSA) is 76.4 Å². The highest BCUT2D eigenvalue weighted by molar-refractivity contribution is 7.95. The number of allylic oxidation sites excluding steroid dienone is 1. The van der Waals surface area contributed by atoms with Crippen molar-refractivity contribution in [1.29, 1.82) is 5.26 Å². The lowest BCUT2D eigenvalue weighted by molar-refractivity contribution is 0.286. The highest BCUT2D eigenvalue weighted by Crippen LogP contribution is 2.30. The minimum atomic E-state index is -3.87. The Balaban J connectivity index is 2.30. The zero-order valence-corrected chi connectivity index (χ0v) is 16.3. The van der Waals surface area contributed by atoms with Gasteiger partial charge in [-0.25, -0.2) is 8.42 Å². The van der Waals surface area contributed by atoms with E-state index in [1.165, 1.54) is 25.3 Å². The Morgan fingerprint density at radius 2 is 1.85 bits per heavy atom. The van der Waals surface area contributed by atoms with Gasteiger partial charge in [-0.2, -0.15) is 5.26 Å². The minimum Gasteiger partial charge on any atom is -0.493 e. The van der Waals surface area contributed by atoms with Crippen LogP contribution in [0.5, 0.6) is 11.5 Å². The van der Waals surface area contributed by atoms with Crippen molar-refractivity contribution in [2.45, 2.75) is 31.1 Å². The van der Waals surface area contributed by atoms with Crippen LogP contribution in [0.15, 0.2) is 58.3 Å². The van der Waals surface area contributed by atoms with Gasteiger partial charge in [-0.05, 0) is 42.3 Å². The van der Waals surface area contributed by atoms with Gasteiger partial charge in [0.05, 0.1) is 18.6 Å². The van der Waals surface area contributed by atoms with Gasteiger partial charge in [0, 0.05) is 0 Å². The van der Waals surface area contributed by atoms with Gasteiger partial charge >= 0.3 is 0 Å². The summed E-state index contributed by atoms with van der Waals surface area (Å²) < 4.78 is 36.4. The van der Waals surface area contributed by atoms with Crippen LogP contribution in [0.1, 0.15) is 31.7 Å². The molecule has 0 heterocycles. The fourth-order valence-corrected chi connectivity index (χ4v) is 3.66. The molecular formula is C21H23NO4S. The van der Waals surface area contributed by atoms with E-state index in [9.17, 15) is 13.7 Å². The molecule has 0 aliphatic rings. The van der Waals surface area contributed by atoms with E-state index in [4.69, 9.17) is 9.47 Å². The SMILES string of the molecule is CCCCCOc1ccc(/C=C(\C#N)S(=O)(=O)c2ccccc2)cc1OC. The standard InChI is InChI=1S/C21H23NO4S/c1-3-4-8-13-26-20-12-11-17(15-21(20)25-2)14-19(16-22)27(23,24)18-9-6-5-7-10-18/h5-7,9-12,14-15H,3-4,8,13H2,1-2H3/b19-14+. The van der Waals surface area contributed by atoms with Crippen LogP contribution >= 0.6 is 0 Å². The second-order valence-electron chi connectivity index (χ2n) is 5.90. The predicted octanol–water partition coefficient (Wildman–Crippen LogP) is 4.60. The number of hydrogen-bond acceptors (Lipinski definition) is 5. The highest BCUT2D eigenvalue weighted by atomic mass is 32.2. The Morgan fingerprint density at radius 3 is 2.48 bits per heavy atom. The maximum atomic E-state index is 12.6. The zero-order chi connectivity index (χ0) is 19.7. The normalized spacial score (nSPS) is 11.7. The van der Waals surface area contributed by atoms with Crippen LogP contribution in [0.3, 0.4) is 0 Å². The zero-order valence-electron chi connectivity index (χ0n) is 15.5. The molecule has 2 aromatic rings. The van der Waals surface area contributed by atoms with E-state index in [1.54, 1.807) is 42.5 Å². The van der Waals surface area contributed by atoms with E-state index in [1.807, 2.05) is 0 Å². The Kier molecular flexibility index (Phi) is 7.44. The lowest BCUT2D eigenvalue weighted by Crippen LogP contribution is -2.03. The molecule has 0 fully saturated rings. The highest BCUT2D eigenvalue weighted by Gasteiger charge is 2.20. The third-order valence-corrected chi connectivity index (χ3v) is 5.63. The van der Waals surface area contributed by atoms with Crippen molar-refractivity contribution in [1.82, 2.24) is 0 Å². The average molecular weight is 385 g/mol. The molecule has 6 heteroatoms. The van der Waals surface area contributed by atoms with Gasteiger partial charge in [0.2, 0.25) is 9.84 Å². The third kappa shape index (κ3) is 5.35. The number of unbranched alkanes of at least 4 members (excludes halogenated alkanes) is 2. The number of nitriles is 1. The van der Waals surface area contributed by atoms with Crippen LogP contribution in [-0.4, -0.2) is 22.1 Å². The van der Waals surface area contributed by atoms with Crippen LogP contribution in [0.4, 0.5) is 0 Å². The number of sulfone groups is 1. The molecule has 142 valence electrons. The van der Waals surface area contributed by atoms with Crippen molar-refractivity contribution in [3.8, 4) is 17.6 Å². The van der Waals surface area contributed by atoms with Crippen molar-refractivity contribution in [3.05, 3.63) is 59.0 Å². The first-order valence-corrected chi connectivity index (χ1v) is 10.2. The molecule has 0 saturated heterocycles. The maximum absolute atomic E-state index is 12.6. The van der Waals surface area contributed by atoms with E-state index in [0.717, 1.165) is 19.3 Å². The molecule has 0 unspecified atom stereocenters. The van der Waals surface area contributed by atoms with E-state index in [-0.39, 0.29) is 9.80 Å². The summed E-state index contributed by atoms with van der Waals surface area (Å²) in [5.41, 5.74) is 0.545. The van der Waals surface area contributed by atoms with Gasteiger partial charge in [-0.1, -0.05) is 44.0 Å². The molecule has 27 heavy (non-hydrogen) atoms. The first-order chi connectivity index (χ1) is 13.0. The summed E-state index contributed by atoms with van der Waals surface area (Å²) in [5.74, 6) is 1.09. The molecule has 0 N–H and O–H groups in total. The van der Waals surface area contributed by atoms with Crippen molar-refractivity contribution in [2.24, 2.45) is 0 Å². The van der Waals surface area contributed by atoms with Crippen LogP contribution < -0.4 is 9.47 Å². The second kappa shape index (κ2) is 9.79.